The van der Waals surface area contributed by atoms with Crippen molar-refractivity contribution in [3.8, 4) is 11.3 Å². The Kier molecular flexibility index (Phi) is 5.11. The Morgan fingerprint density at radius 1 is 1.27 bits per heavy atom. The Hall–Kier alpha value is -2.25. The highest BCUT2D eigenvalue weighted by molar-refractivity contribution is 5.69. The van der Waals surface area contributed by atoms with Gasteiger partial charge in [-0.05, 0) is 36.5 Å². The second-order valence-electron chi connectivity index (χ2n) is 8.55. The highest BCUT2D eigenvalue weighted by Gasteiger charge is 2.56. The molecule has 2 unspecified atom stereocenters. The lowest BCUT2D eigenvalue weighted by Gasteiger charge is -2.23. The number of anilines is 1. The first-order chi connectivity index (χ1) is 14.5. The number of aromatic nitrogens is 1. The molecule has 30 heavy (non-hydrogen) atoms. The normalized spacial score (nSPS) is 23.7. The van der Waals surface area contributed by atoms with Crippen LogP contribution in [0.4, 0.5) is 14.5 Å². The molecule has 7 heteroatoms. The molecule has 3 aliphatic rings. The first-order valence-electron chi connectivity index (χ1n) is 10.7. The van der Waals surface area contributed by atoms with Crippen LogP contribution >= 0.6 is 0 Å². The molecule has 3 heterocycles. The standard InChI is InChI=1S/C23H26F2N2O3/c24-23(25)11-17(23)14-29-13-15-3-4-20-16(8-15)5-6-27-21(20)9-18(10-22(27)28)26-12-19-2-1-7-30-19/h3-4,8-10,17,19,26H,1-2,5-7,11-14H2. The third-order valence-corrected chi connectivity index (χ3v) is 6.28. The Balaban J connectivity index is 1.30. The van der Waals surface area contributed by atoms with Crippen LogP contribution < -0.4 is 10.9 Å². The van der Waals surface area contributed by atoms with Gasteiger partial charge in [0.1, 0.15) is 0 Å². The number of rotatable bonds is 7. The molecule has 0 amide bonds. The van der Waals surface area contributed by atoms with E-state index in [1.54, 1.807) is 6.07 Å². The highest BCUT2D eigenvalue weighted by Crippen LogP contribution is 2.48. The molecule has 1 aromatic heterocycles. The van der Waals surface area contributed by atoms with Crippen molar-refractivity contribution in [1.29, 1.82) is 0 Å². The Labute approximate surface area is 174 Å². The van der Waals surface area contributed by atoms with Gasteiger partial charge < -0.3 is 19.4 Å². The van der Waals surface area contributed by atoms with Crippen molar-refractivity contribution in [3.63, 3.8) is 0 Å². The maximum atomic E-state index is 13.0. The van der Waals surface area contributed by atoms with Gasteiger partial charge in [-0.3, -0.25) is 4.79 Å². The van der Waals surface area contributed by atoms with Crippen molar-refractivity contribution >= 4 is 5.69 Å². The third kappa shape index (κ3) is 4.01. The monoisotopic (exact) mass is 416 g/mol. The summed E-state index contributed by atoms with van der Waals surface area (Å²) in [5, 5.41) is 3.35. The van der Waals surface area contributed by atoms with Crippen LogP contribution in [0.1, 0.15) is 30.4 Å². The van der Waals surface area contributed by atoms with Crippen molar-refractivity contribution in [2.75, 3.05) is 25.1 Å². The van der Waals surface area contributed by atoms with E-state index in [9.17, 15) is 13.6 Å². The number of ether oxygens (including phenoxy) is 2. The van der Waals surface area contributed by atoms with Crippen LogP contribution in [-0.2, 0) is 29.0 Å². The summed E-state index contributed by atoms with van der Waals surface area (Å²) in [7, 11) is 0. The molecule has 1 aromatic carbocycles. The number of aryl methyl sites for hydroxylation is 1. The number of benzene rings is 1. The quantitative estimate of drug-likeness (QED) is 0.745. The summed E-state index contributed by atoms with van der Waals surface area (Å²) in [5.74, 6) is -3.17. The number of alkyl halides is 2. The van der Waals surface area contributed by atoms with Crippen LogP contribution in [0.15, 0.2) is 35.1 Å². The van der Waals surface area contributed by atoms with Gasteiger partial charge in [-0.1, -0.05) is 18.2 Å². The summed E-state index contributed by atoms with van der Waals surface area (Å²) in [6, 6.07) is 9.71. The summed E-state index contributed by atoms with van der Waals surface area (Å²) in [6.07, 6.45) is 3.03. The van der Waals surface area contributed by atoms with E-state index in [1.807, 2.05) is 22.8 Å². The fourth-order valence-corrected chi connectivity index (χ4v) is 4.38. The Bertz CT molecular complexity index is 998. The van der Waals surface area contributed by atoms with Crippen LogP contribution in [-0.4, -0.2) is 36.4 Å². The number of nitrogens with zero attached hydrogens (tertiary/aromatic N) is 1. The second-order valence-corrected chi connectivity index (χ2v) is 8.55. The van der Waals surface area contributed by atoms with Crippen LogP contribution in [0, 0.1) is 5.92 Å². The molecular weight excluding hydrogens is 390 g/mol. The maximum Gasteiger partial charge on any atom is 0.253 e. The molecule has 1 aliphatic carbocycles. The minimum absolute atomic E-state index is 0.00855. The average Bonchev–Trinajstić information content (AvgIpc) is 3.10. The minimum atomic E-state index is -2.54. The molecule has 2 aromatic rings. The molecule has 160 valence electrons. The van der Waals surface area contributed by atoms with E-state index < -0.39 is 11.8 Å². The molecule has 0 bridgehead atoms. The first-order valence-corrected chi connectivity index (χ1v) is 10.7. The third-order valence-electron chi connectivity index (χ3n) is 6.28. The lowest BCUT2D eigenvalue weighted by Crippen LogP contribution is -2.27. The number of halogens is 2. The first kappa shape index (κ1) is 19.7. The molecule has 5 rings (SSSR count). The van der Waals surface area contributed by atoms with Crippen LogP contribution in [0.3, 0.4) is 0 Å². The van der Waals surface area contributed by atoms with E-state index in [0.717, 1.165) is 53.9 Å². The van der Waals surface area contributed by atoms with Crippen molar-refractivity contribution in [1.82, 2.24) is 4.57 Å². The summed E-state index contributed by atoms with van der Waals surface area (Å²) >= 11 is 0. The number of nitrogens with one attached hydrogen (secondary N) is 1. The van der Waals surface area contributed by atoms with Gasteiger partial charge in [0.25, 0.3) is 11.5 Å². The van der Waals surface area contributed by atoms with E-state index in [-0.39, 0.29) is 24.7 Å². The smallest absolute Gasteiger partial charge is 0.253 e. The Morgan fingerprint density at radius 2 is 2.13 bits per heavy atom. The molecular formula is C23H26F2N2O3. The van der Waals surface area contributed by atoms with Crippen LogP contribution in [0.2, 0.25) is 0 Å². The maximum absolute atomic E-state index is 13.0. The van der Waals surface area contributed by atoms with Gasteiger partial charge >= 0.3 is 0 Å². The summed E-state index contributed by atoms with van der Waals surface area (Å²) in [5.41, 5.74) is 4.88. The van der Waals surface area contributed by atoms with Crippen LogP contribution in [0.25, 0.3) is 11.3 Å². The number of hydrogen-bond acceptors (Lipinski definition) is 4. The molecule has 5 nitrogen and oxygen atoms in total. The van der Waals surface area contributed by atoms with E-state index in [2.05, 4.69) is 11.4 Å². The zero-order valence-electron chi connectivity index (χ0n) is 16.8. The molecule has 2 aliphatic heterocycles. The van der Waals surface area contributed by atoms with Gasteiger partial charge in [-0.25, -0.2) is 8.78 Å². The molecule has 1 N–H and O–H groups in total. The molecule has 0 radical (unpaired) electrons. The van der Waals surface area contributed by atoms with Crippen molar-refractivity contribution in [2.45, 2.75) is 50.9 Å². The van der Waals surface area contributed by atoms with Crippen molar-refractivity contribution < 1.29 is 18.3 Å². The van der Waals surface area contributed by atoms with Gasteiger partial charge in [0, 0.05) is 43.4 Å². The largest absolute Gasteiger partial charge is 0.382 e. The minimum Gasteiger partial charge on any atom is -0.382 e. The number of hydrogen-bond donors (Lipinski definition) is 1. The molecule has 2 atom stereocenters. The van der Waals surface area contributed by atoms with Crippen molar-refractivity contribution in [2.24, 2.45) is 5.92 Å². The summed E-state index contributed by atoms with van der Waals surface area (Å²) in [6.45, 7) is 2.57. The van der Waals surface area contributed by atoms with Gasteiger partial charge in [0.2, 0.25) is 0 Å². The van der Waals surface area contributed by atoms with Crippen LogP contribution in [0.5, 0.6) is 0 Å². The zero-order chi connectivity index (χ0) is 20.7. The van der Waals surface area contributed by atoms with Gasteiger partial charge in [-0.15, -0.1) is 0 Å². The summed E-state index contributed by atoms with van der Waals surface area (Å²) in [4.78, 5) is 12.6. The van der Waals surface area contributed by atoms with E-state index >= 15 is 0 Å². The predicted molar refractivity (Wildman–Crippen MR) is 110 cm³/mol. The molecule has 0 spiro atoms. The van der Waals surface area contributed by atoms with Gasteiger partial charge in [0.05, 0.1) is 30.9 Å². The highest BCUT2D eigenvalue weighted by atomic mass is 19.3. The van der Waals surface area contributed by atoms with E-state index in [1.165, 1.54) is 0 Å². The molecule has 1 saturated heterocycles. The number of pyridine rings is 1. The average molecular weight is 416 g/mol. The van der Waals surface area contributed by atoms with Gasteiger partial charge in [-0.2, -0.15) is 0 Å². The Morgan fingerprint density at radius 3 is 2.90 bits per heavy atom. The lowest BCUT2D eigenvalue weighted by molar-refractivity contribution is 0.0490. The molecule has 1 saturated carbocycles. The fraction of sp³-hybridized carbons (Fsp3) is 0.522. The lowest BCUT2D eigenvalue weighted by atomic mass is 9.95. The topological polar surface area (TPSA) is 52.5 Å². The van der Waals surface area contributed by atoms with Crippen molar-refractivity contribution in [3.05, 3.63) is 51.8 Å². The SMILES string of the molecule is O=c1cc(NCC2CCCO2)cc2n1CCc1cc(COCC3CC3(F)F)ccc1-2. The van der Waals surface area contributed by atoms with E-state index in [0.29, 0.717) is 19.7 Å². The predicted octanol–water partition coefficient (Wildman–Crippen LogP) is 3.83. The zero-order valence-corrected chi connectivity index (χ0v) is 16.8. The summed E-state index contributed by atoms with van der Waals surface area (Å²) < 4.78 is 38.9. The van der Waals surface area contributed by atoms with E-state index in [4.69, 9.17) is 9.47 Å². The number of fused-ring (bicyclic) bond motifs is 3. The second kappa shape index (κ2) is 7.78. The molecule has 2 fully saturated rings. The van der Waals surface area contributed by atoms with Gasteiger partial charge in [0.15, 0.2) is 0 Å². The fourth-order valence-electron chi connectivity index (χ4n) is 4.38.